The summed E-state index contributed by atoms with van der Waals surface area (Å²) in [6.07, 6.45) is 4.99. The Kier molecular flexibility index (Phi) is 5.28. The third-order valence-electron chi connectivity index (χ3n) is 5.02. The second-order valence-electron chi connectivity index (χ2n) is 8.38. The van der Waals surface area contributed by atoms with Crippen LogP contribution in [0.2, 0.25) is 0 Å². The quantitative estimate of drug-likeness (QED) is 0.724. The molecule has 7 heteroatoms. The molecule has 27 heavy (non-hydrogen) atoms. The zero-order chi connectivity index (χ0) is 19.8. The van der Waals surface area contributed by atoms with Gasteiger partial charge in [-0.3, -0.25) is 9.67 Å². The standard InChI is InChI=1S/C20H27BFN3O2/c1-14(2)12-25-13-15(18(24-25)16-9-7-8-10-23-16)11-17(22)21-26-19(3,4)20(5,6)27-21/h7-11,13-14H,12H2,1-6H3. The van der Waals surface area contributed by atoms with Crippen molar-refractivity contribution in [2.45, 2.75) is 59.3 Å². The van der Waals surface area contributed by atoms with Gasteiger partial charge in [0.05, 0.1) is 16.9 Å². The summed E-state index contributed by atoms with van der Waals surface area (Å²) in [5.41, 5.74) is 0.343. The monoisotopic (exact) mass is 371 g/mol. The van der Waals surface area contributed by atoms with Crippen LogP contribution in [0.1, 0.15) is 47.1 Å². The third-order valence-corrected chi connectivity index (χ3v) is 5.02. The maximum atomic E-state index is 15.0. The number of hydrogen-bond donors (Lipinski definition) is 0. The van der Waals surface area contributed by atoms with E-state index in [-0.39, 0.29) is 0 Å². The number of nitrogens with zero attached hydrogens (tertiary/aromatic N) is 3. The molecular formula is C20H27BFN3O2. The average molecular weight is 371 g/mol. The van der Waals surface area contributed by atoms with Crippen LogP contribution in [0.25, 0.3) is 17.5 Å². The van der Waals surface area contributed by atoms with Crippen LogP contribution >= 0.6 is 0 Å². The fourth-order valence-corrected chi connectivity index (χ4v) is 2.88. The van der Waals surface area contributed by atoms with Gasteiger partial charge in [-0.1, -0.05) is 19.9 Å². The molecule has 1 saturated heterocycles. The molecule has 0 unspecified atom stereocenters. The van der Waals surface area contributed by atoms with Crippen molar-refractivity contribution in [2.24, 2.45) is 5.92 Å². The SMILES string of the molecule is CC(C)Cn1cc(C=C(F)B2OC(C)(C)C(C)(C)O2)c(-c2ccccn2)n1. The zero-order valence-electron chi connectivity index (χ0n) is 16.9. The van der Waals surface area contributed by atoms with Gasteiger partial charge in [0.1, 0.15) is 11.4 Å². The summed E-state index contributed by atoms with van der Waals surface area (Å²) in [6.45, 7) is 12.6. The molecule has 3 heterocycles. The van der Waals surface area contributed by atoms with Crippen LogP contribution in [0.4, 0.5) is 4.39 Å². The minimum absolute atomic E-state index is 0.422. The van der Waals surface area contributed by atoms with Crippen LogP contribution < -0.4 is 0 Å². The molecule has 2 aromatic rings. The third kappa shape index (κ3) is 4.14. The Morgan fingerprint density at radius 3 is 2.44 bits per heavy atom. The van der Waals surface area contributed by atoms with Gasteiger partial charge in [-0.15, -0.1) is 0 Å². The zero-order valence-corrected chi connectivity index (χ0v) is 16.9. The lowest BCUT2D eigenvalue weighted by Crippen LogP contribution is -2.41. The molecular weight excluding hydrogens is 344 g/mol. The van der Waals surface area contributed by atoms with Crippen LogP contribution in [-0.2, 0) is 15.9 Å². The first-order valence-electron chi connectivity index (χ1n) is 9.30. The number of aromatic nitrogens is 3. The van der Waals surface area contributed by atoms with E-state index in [9.17, 15) is 0 Å². The van der Waals surface area contributed by atoms with Gasteiger partial charge < -0.3 is 9.31 Å². The molecule has 144 valence electrons. The molecule has 2 aromatic heterocycles. The van der Waals surface area contributed by atoms with Crippen LogP contribution in [0.3, 0.4) is 0 Å². The first-order chi connectivity index (χ1) is 12.6. The van der Waals surface area contributed by atoms with E-state index in [1.165, 1.54) is 6.08 Å². The first-order valence-corrected chi connectivity index (χ1v) is 9.30. The average Bonchev–Trinajstić information content (AvgIpc) is 3.05. The molecule has 0 radical (unpaired) electrons. The van der Waals surface area contributed by atoms with Crippen molar-refractivity contribution < 1.29 is 13.7 Å². The van der Waals surface area contributed by atoms with E-state index >= 15 is 4.39 Å². The van der Waals surface area contributed by atoms with Crippen LogP contribution in [-0.4, -0.2) is 33.1 Å². The van der Waals surface area contributed by atoms with E-state index in [4.69, 9.17) is 9.31 Å². The number of rotatable bonds is 5. The Bertz CT molecular complexity index is 815. The molecule has 0 N–H and O–H groups in total. The second kappa shape index (κ2) is 7.21. The lowest BCUT2D eigenvalue weighted by molar-refractivity contribution is 0.00578. The Hall–Kier alpha value is -1.99. The molecule has 0 amide bonds. The molecule has 0 aromatic carbocycles. The van der Waals surface area contributed by atoms with E-state index < -0.39 is 24.0 Å². The minimum Gasteiger partial charge on any atom is -0.398 e. The Morgan fingerprint density at radius 2 is 1.89 bits per heavy atom. The summed E-state index contributed by atoms with van der Waals surface area (Å²) in [5, 5.41) is 4.62. The fraction of sp³-hybridized carbons (Fsp3) is 0.500. The lowest BCUT2D eigenvalue weighted by atomic mass is 9.87. The number of hydrogen-bond acceptors (Lipinski definition) is 4. The second-order valence-corrected chi connectivity index (χ2v) is 8.38. The summed E-state index contributed by atoms with van der Waals surface area (Å²) >= 11 is 0. The van der Waals surface area contributed by atoms with Gasteiger partial charge in [0.25, 0.3) is 0 Å². The Morgan fingerprint density at radius 1 is 1.22 bits per heavy atom. The highest BCUT2D eigenvalue weighted by molar-refractivity contribution is 6.54. The molecule has 1 aliphatic heterocycles. The highest BCUT2D eigenvalue weighted by Gasteiger charge is 2.53. The van der Waals surface area contributed by atoms with Crippen molar-refractivity contribution in [3.8, 4) is 11.4 Å². The van der Waals surface area contributed by atoms with E-state index in [1.54, 1.807) is 6.20 Å². The van der Waals surface area contributed by atoms with Crippen LogP contribution in [0, 0.1) is 5.92 Å². The van der Waals surface area contributed by atoms with E-state index in [0.717, 1.165) is 6.54 Å². The van der Waals surface area contributed by atoms with Crippen molar-refractivity contribution in [1.29, 1.82) is 0 Å². The Labute approximate surface area is 160 Å². The fourth-order valence-electron chi connectivity index (χ4n) is 2.88. The highest BCUT2D eigenvalue weighted by Crippen LogP contribution is 2.39. The molecule has 0 atom stereocenters. The van der Waals surface area contributed by atoms with Crippen molar-refractivity contribution in [3.63, 3.8) is 0 Å². The topological polar surface area (TPSA) is 49.2 Å². The maximum Gasteiger partial charge on any atom is 0.525 e. The van der Waals surface area contributed by atoms with Crippen molar-refractivity contribution in [2.75, 3.05) is 0 Å². The smallest absolute Gasteiger partial charge is 0.398 e. The molecule has 0 spiro atoms. The number of pyridine rings is 1. The van der Waals surface area contributed by atoms with Gasteiger partial charge in [0, 0.05) is 24.5 Å². The number of halogens is 1. The van der Waals surface area contributed by atoms with Gasteiger partial charge in [-0.2, -0.15) is 5.10 Å². The van der Waals surface area contributed by atoms with E-state index in [2.05, 4.69) is 23.9 Å². The summed E-state index contributed by atoms with van der Waals surface area (Å²) < 4.78 is 28.4. The van der Waals surface area contributed by atoms with Crippen molar-refractivity contribution >= 4 is 13.2 Å². The van der Waals surface area contributed by atoms with E-state index in [0.29, 0.717) is 22.9 Å². The van der Waals surface area contributed by atoms with Crippen LogP contribution in [0.5, 0.6) is 0 Å². The molecule has 0 saturated carbocycles. The summed E-state index contributed by atoms with van der Waals surface area (Å²) in [6, 6.07) is 5.60. The van der Waals surface area contributed by atoms with Crippen LogP contribution in [0.15, 0.2) is 36.3 Å². The highest BCUT2D eigenvalue weighted by atomic mass is 19.1. The minimum atomic E-state index is -1.03. The van der Waals surface area contributed by atoms with Crippen molar-refractivity contribution in [3.05, 3.63) is 41.9 Å². The molecule has 5 nitrogen and oxygen atoms in total. The lowest BCUT2D eigenvalue weighted by Gasteiger charge is -2.32. The molecule has 3 rings (SSSR count). The maximum absolute atomic E-state index is 15.0. The molecule has 1 aliphatic rings. The van der Waals surface area contributed by atoms with E-state index in [1.807, 2.05) is 56.8 Å². The van der Waals surface area contributed by atoms with Gasteiger partial charge >= 0.3 is 7.12 Å². The largest absolute Gasteiger partial charge is 0.525 e. The van der Waals surface area contributed by atoms with Crippen molar-refractivity contribution in [1.82, 2.24) is 14.8 Å². The van der Waals surface area contributed by atoms with Gasteiger partial charge in [-0.25, -0.2) is 4.39 Å². The summed E-state index contributed by atoms with van der Waals surface area (Å²) in [7, 11) is -1.03. The Balaban J connectivity index is 1.96. The summed E-state index contributed by atoms with van der Waals surface area (Å²) in [4.78, 5) is 4.36. The van der Waals surface area contributed by atoms with Gasteiger partial charge in [0.2, 0.25) is 0 Å². The molecule has 0 aliphatic carbocycles. The summed E-state index contributed by atoms with van der Waals surface area (Å²) in [5.74, 6) is 0.422. The van der Waals surface area contributed by atoms with Gasteiger partial charge in [-0.05, 0) is 51.8 Å². The normalized spacial score (nSPS) is 19.1. The van der Waals surface area contributed by atoms with Gasteiger partial charge in [0.15, 0.2) is 0 Å². The predicted molar refractivity (Wildman–Crippen MR) is 105 cm³/mol. The predicted octanol–water partition coefficient (Wildman–Crippen LogP) is 4.54. The molecule has 1 fully saturated rings. The first kappa shape index (κ1) is 19.8. The molecule has 0 bridgehead atoms.